The first-order valence-electron chi connectivity index (χ1n) is 7.99. The molecule has 2 aromatic rings. The minimum absolute atomic E-state index is 0.0495. The Labute approximate surface area is 148 Å². The van der Waals surface area contributed by atoms with Crippen molar-refractivity contribution in [3.8, 4) is 5.75 Å². The quantitative estimate of drug-likeness (QED) is 0.755. The monoisotopic (exact) mass is 362 g/mol. The summed E-state index contributed by atoms with van der Waals surface area (Å²) in [5, 5.41) is 2.74. The Hall–Kier alpha value is -2.54. The number of benzene rings is 2. The van der Waals surface area contributed by atoms with Crippen LogP contribution in [-0.4, -0.2) is 26.7 Å². The van der Waals surface area contributed by atoms with E-state index in [0.717, 1.165) is 0 Å². The van der Waals surface area contributed by atoms with Crippen LogP contribution < -0.4 is 14.8 Å². The lowest BCUT2D eigenvalue weighted by Crippen LogP contribution is -2.21. The second-order valence-corrected chi connectivity index (χ2v) is 7.39. The third-order valence-corrected chi connectivity index (χ3v) is 4.94. The number of hydrogen-bond acceptors (Lipinski definition) is 4. The van der Waals surface area contributed by atoms with E-state index in [1.807, 2.05) is 18.2 Å². The van der Waals surface area contributed by atoms with Crippen molar-refractivity contribution < 1.29 is 17.9 Å². The molecule has 0 aromatic heterocycles. The van der Waals surface area contributed by atoms with E-state index in [1.54, 1.807) is 44.2 Å². The molecular formula is C18H22N2O4S. The molecule has 0 saturated carbocycles. The third-order valence-electron chi connectivity index (χ3n) is 3.46. The van der Waals surface area contributed by atoms with Gasteiger partial charge in [0.25, 0.3) is 5.91 Å². The van der Waals surface area contributed by atoms with Crippen molar-refractivity contribution in [3.05, 3.63) is 54.1 Å². The average Bonchev–Trinajstić information content (AvgIpc) is 2.57. The Morgan fingerprint density at radius 1 is 1.04 bits per heavy atom. The van der Waals surface area contributed by atoms with E-state index < -0.39 is 10.0 Å². The summed E-state index contributed by atoms with van der Waals surface area (Å²) in [5.41, 5.74) is 1.64. The number of sulfonamides is 1. The summed E-state index contributed by atoms with van der Waals surface area (Å²) in [6, 6.07) is 14.1. The predicted octanol–water partition coefficient (Wildman–Crippen LogP) is 3.16. The van der Waals surface area contributed by atoms with Crippen LogP contribution in [0, 0.1) is 6.92 Å². The molecule has 25 heavy (non-hydrogen) atoms. The Balaban J connectivity index is 2.02. The molecular weight excluding hydrogens is 340 g/mol. The lowest BCUT2D eigenvalue weighted by molar-refractivity contribution is -0.118. The van der Waals surface area contributed by atoms with Gasteiger partial charge in [0.1, 0.15) is 5.75 Å². The Kier molecular flexibility index (Phi) is 6.41. The number of amides is 1. The van der Waals surface area contributed by atoms with Gasteiger partial charge in [-0.15, -0.1) is 0 Å². The highest BCUT2D eigenvalue weighted by atomic mass is 32.2. The molecule has 0 aliphatic rings. The molecule has 0 aliphatic heterocycles. The number of carbonyl (C=O) groups is 1. The summed E-state index contributed by atoms with van der Waals surface area (Å²) in [6.45, 7) is 3.42. The zero-order valence-corrected chi connectivity index (χ0v) is 15.1. The normalized spacial score (nSPS) is 11.0. The second-order valence-electron chi connectivity index (χ2n) is 5.55. The minimum atomic E-state index is -3.39. The highest BCUT2D eigenvalue weighted by Crippen LogP contribution is 2.24. The minimum Gasteiger partial charge on any atom is -0.484 e. The van der Waals surface area contributed by atoms with Crippen LogP contribution in [0.3, 0.4) is 0 Å². The number of para-hydroxylation sites is 1. The van der Waals surface area contributed by atoms with Gasteiger partial charge in [-0.25, -0.2) is 8.42 Å². The van der Waals surface area contributed by atoms with Crippen molar-refractivity contribution in [2.24, 2.45) is 0 Å². The molecule has 2 rings (SSSR count). The zero-order chi connectivity index (χ0) is 18.3. The van der Waals surface area contributed by atoms with E-state index in [2.05, 4.69) is 10.0 Å². The summed E-state index contributed by atoms with van der Waals surface area (Å²) in [4.78, 5) is 12.1. The van der Waals surface area contributed by atoms with Crippen molar-refractivity contribution in [2.45, 2.75) is 20.3 Å². The zero-order valence-electron chi connectivity index (χ0n) is 14.3. The number of nitrogens with one attached hydrogen (secondary N) is 2. The largest absolute Gasteiger partial charge is 0.484 e. The van der Waals surface area contributed by atoms with Crippen LogP contribution in [0.4, 0.5) is 11.4 Å². The molecule has 0 aliphatic carbocycles. The van der Waals surface area contributed by atoms with Gasteiger partial charge in [0, 0.05) is 5.69 Å². The van der Waals surface area contributed by atoms with Gasteiger partial charge in [-0.1, -0.05) is 31.2 Å². The van der Waals surface area contributed by atoms with Crippen molar-refractivity contribution in [2.75, 3.05) is 22.4 Å². The van der Waals surface area contributed by atoms with E-state index >= 15 is 0 Å². The summed E-state index contributed by atoms with van der Waals surface area (Å²) in [6.07, 6.45) is 0.529. The molecule has 0 fully saturated rings. The van der Waals surface area contributed by atoms with Crippen LogP contribution in [0.5, 0.6) is 5.75 Å². The maximum Gasteiger partial charge on any atom is 0.262 e. The van der Waals surface area contributed by atoms with Gasteiger partial charge in [-0.3, -0.25) is 9.52 Å². The van der Waals surface area contributed by atoms with Gasteiger partial charge in [-0.05, 0) is 43.2 Å². The van der Waals surface area contributed by atoms with Gasteiger partial charge >= 0.3 is 0 Å². The molecule has 6 nitrogen and oxygen atoms in total. The Bertz CT molecular complexity index is 820. The maximum absolute atomic E-state index is 12.1. The Morgan fingerprint density at radius 2 is 1.72 bits per heavy atom. The van der Waals surface area contributed by atoms with Crippen LogP contribution in [0.25, 0.3) is 0 Å². The van der Waals surface area contributed by atoms with Crippen molar-refractivity contribution in [3.63, 3.8) is 0 Å². The van der Waals surface area contributed by atoms with Crippen LogP contribution in [0.1, 0.15) is 18.9 Å². The first-order chi connectivity index (χ1) is 11.9. The molecule has 0 spiro atoms. The van der Waals surface area contributed by atoms with Gasteiger partial charge < -0.3 is 10.1 Å². The van der Waals surface area contributed by atoms with Gasteiger partial charge in [0.15, 0.2) is 6.61 Å². The van der Waals surface area contributed by atoms with Crippen LogP contribution in [0.15, 0.2) is 48.5 Å². The molecule has 7 heteroatoms. The van der Waals surface area contributed by atoms with Crippen LogP contribution in [0.2, 0.25) is 0 Å². The summed E-state index contributed by atoms with van der Waals surface area (Å²) < 4.78 is 31.8. The fourth-order valence-electron chi connectivity index (χ4n) is 2.22. The lowest BCUT2D eigenvalue weighted by atomic mass is 10.1. The molecule has 0 bridgehead atoms. The number of carbonyl (C=O) groups excluding carboxylic acids is 1. The van der Waals surface area contributed by atoms with E-state index in [-0.39, 0.29) is 18.3 Å². The average molecular weight is 362 g/mol. The highest BCUT2D eigenvalue weighted by Gasteiger charge is 2.13. The third kappa shape index (κ3) is 5.79. The topological polar surface area (TPSA) is 84.5 Å². The number of hydrogen-bond donors (Lipinski definition) is 2. The first-order valence-corrected chi connectivity index (χ1v) is 9.64. The van der Waals surface area contributed by atoms with E-state index in [4.69, 9.17) is 4.74 Å². The fourth-order valence-corrected chi connectivity index (χ4v) is 3.42. The molecule has 0 radical (unpaired) electrons. The van der Waals surface area contributed by atoms with Crippen molar-refractivity contribution in [1.82, 2.24) is 0 Å². The Morgan fingerprint density at radius 3 is 2.40 bits per heavy atom. The highest BCUT2D eigenvalue weighted by molar-refractivity contribution is 7.92. The van der Waals surface area contributed by atoms with Crippen molar-refractivity contribution >= 4 is 27.3 Å². The summed E-state index contributed by atoms with van der Waals surface area (Å²) >= 11 is 0. The SMILES string of the molecule is CCCS(=O)(=O)Nc1cccc(NC(=O)COc2ccccc2)c1C. The van der Waals surface area contributed by atoms with E-state index in [1.165, 1.54) is 0 Å². The summed E-state index contributed by atoms with van der Waals surface area (Å²) in [7, 11) is -3.39. The lowest BCUT2D eigenvalue weighted by Gasteiger charge is -2.14. The van der Waals surface area contributed by atoms with Gasteiger partial charge in [0.2, 0.25) is 10.0 Å². The number of rotatable bonds is 8. The van der Waals surface area contributed by atoms with Gasteiger partial charge in [-0.2, -0.15) is 0 Å². The van der Waals surface area contributed by atoms with Crippen molar-refractivity contribution in [1.29, 1.82) is 0 Å². The molecule has 1 amide bonds. The summed E-state index contributed by atoms with van der Waals surface area (Å²) in [5.74, 6) is 0.337. The molecule has 134 valence electrons. The molecule has 2 aromatic carbocycles. The second kappa shape index (κ2) is 8.53. The standard InChI is InChI=1S/C18H22N2O4S/c1-3-12-25(22,23)20-17-11-7-10-16(14(17)2)19-18(21)13-24-15-8-5-4-6-9-15/h4-11,20H,3,12-13H2,1-2H3,(H,19,21). The smallest absolute Gasteiger partial charge is 0.262 e. The molecule has 0 unspecified atom stereocenters. The number of ether oxygens (including phenoxy) is 1. The van der Waals surface area contributed by atoms with E-state index in [0.29, 0.717) is 29.1 Å². The number of anilines is 2. The maximum atomic E-state index is 12.1. The van der Waals surface area contributed by atoms with Crippen LogP contribution >= 0.6 is 0 Å². The van der Waals surface area contributed by atoms with Crippen LogP contribution in [-0.2, 0) is 14.8 Å². The molecule has 0 atom stereocenters. The van der Waals surface area contributed by atoms with E-state index in [9.17, 15) is 13.2 Å². The van der Waals surface area contributed by atoms with Gasteiger partial charge in [0.05, 0.1) is 11.4 Å². The molecule has 0 saturated heterocycles. The fraction of sp³-hybridized carbons (Fsp3) is 0.278. The predicted molar refractivity (Wildman–Crippen MR) is 99.4 cm³/mol. The molecule has 2 N–H and O–H groups in total. The molecule has 0 heterocycles. The first kappa shape index (κ1) is 18.8.